The van der Waals surface area contributed by atoms with Gasteiger partial charge in [-0.05, 0) is 43.2 Å². The Labute approximate surface area is 225 Å². The molecule has 1 saturated heterocycles. The molecule has 0 bridgehead atoms. The zero-order valence-electron chi connectivity index (χ0n) is 20.3. The van der Waals surface area contributed by atoms with Crippen molar-refractivity contribution in [2.75, 3.05) is 4.90 Å². The van der Waals surface area contributed by atoms with Gasteiger partial charge in [0.2, 0.25) is 5.13 Å². The van der Waals surface area contributed by atoms with Gasteiger partial charge in [-0.25, -0.2) is 8.78 Å². The lowest BCUT2D eigenvalue weighted by molar-refractivity contribution is -0.132. The Bertz CT molecular complexity index is 1600. The lowest BCUT2D eigenvalue weighted by Gasteiger charge is -2.23. The molecule has 1 fully saturated rings. The number of hydrogen-bond donors (Lipinski definition) is 1. The highest BCUT2D eigenvalue weighted by Gasteiger charge is 2.49. The molecule has 1 aromatic heterocycles. The first kappa shape index (κ1) is 25.7. The first-order valence-electron chi connectivity index (χ1n) is 11.6. The normalized spacial score (nSPS) is 16.8. The van der Waals surface area contributed by atoms with Crippen molar-refractivity contribution in [1.29, 1.82) is 0 Å². The van der Waals surface area contributed by atoms with Gasteiger partial charge < -0.3 is 5.11 Å². The van der Waals surface area contributed by atoms with E-state index in [0.717, 1.165) is 21.8 Å². The number of rotatable bonds is 6. The number of halogens is 2. The Morgan fingerprint density at radius 1 is 1.00 bits per heavy atom. The molecule has 10 heteroatoms. The predicted octanol–water partition coefficient (Wildman–Crippen LogP) is 6.35. The van der Waals surface area contributed by atoms with E-state index >= 15 is 4.39 Å². The smallest absolute Gasteiger partial charge is 0.301 e. The molecule has 38 heavy (non-hydrogen) atoms. The molecule has 3 aromatic carbocycles. The fraction of sp³-hybridized carbons (Fsp3) is 0.143. The third kappa shape index (κ3) is 4.72. The average Bonchev–Trinajstić information content (AvgIpc) is 3.47. The van der Waals surface area contributed by atoms with Crippen LogP contribution in [0.5, 0.6) is 0 Å². The van der Waals surface area contributed by atoms with Crippen LogP contribution < -0.4 is 4.90 Å². The van der Waals surface area contributed by atoms with Gasteiger partial charge in [-0.3, -0.25) is 14.5 Å². The second-order valence-electron chi connectivity index (χ2n) is 8.74. The number of aromatic nitrogens is 2. The Morgan fingerprint density at radius 2 is 1.71 bits per heavy atom. The van der Waals surface area contributed by atoms with Crippen LogP contribution in [0.1, 0.15) is 33.9 Å². The Hall–Kier alpha value is -3.89. The van der Waals surface area contributed by atoms with Crippen LogP contribution in [0.2, 0.25) is 0 Å². The van der Waals surface area contributed by atoms with E-state index in [1.165, 1.54) is 36.0 Å². The number of hydrogen-bond acceptors (Lipinski definition) is 7. The van der Waals surface area contributed by atoms with E-state index < -0.39 is 23.5 Å². The van der Waals surface area contributed by atoms with Crippen LogP contribution >= 0.6 is 23.1 Å². The molecule has 0 aliphatic carbocycles. The lowest BCUT2D eigenvalue weighted by atomic mass is 9.93. The zero-order valence-corrected chi connectivity index (χ0v) is 21.9. The number of ketones is 1. The van der Waals surface area contributed by atoms with Crippen molar-refractivity contribution < 1.29 is 23.5 Å². The summed E-state index contributed by atoms with van der Waals surface area (Å²) >= 11 is 2.25. The number of Topliss-reactive ketones (excluding diaryl/α,β-unsaturated/α-hetero) is 1. The van der Waals surface area contributed by atoms with E-state index in [4.69, 9.17) is 0 Å². The molecular weight excluding hydrogens is 528 g/mol. The Morgan fingerprint density at radius 3 is 2.45 bits per heavy atom. The maximum atomic E-state index is 15.1. The van der Waals surface area contributed by atoms with Gasteiger partial charge in [0, 0.05) is 16.9 Å². The summed E-state index contributed by atoms with van der Waals surface area (Å²) in [5.41, 5.74) is 2.19. The van der Waals surface area contributed by atoms with Crippen LogP contribution in [-0.4, -0.2) is 27.0 Å². The van der Waals surface area contributed by atoms with Gasteiger partial charge in [0.05, 0.1) is 5.57 Å². The van der Waals surface area contributed by atoms with Crippen molar-refractivity contribution in [2.24, 2.45) is 0 Å². The maximum absolute atomic E-state index is 15.1. The molecule has 192 valence electrons. The molecule has 1 N–H and O–H groups in total. The molecule has 1 amide bonds. The average molecular weight is 550 g/mol. The quantitative estimate of drug-likeness (QED) is 0.0992. The fourth-order valence-corrected chi connectivity index (χ4v) is 6.12. The SMILES string of the molecule is Cc1ccc(C)c(/C(O)=C2\C(=O)C(=O)N(c3nnc(SCc4ccccc4F)s3)C2c2ccccc2F)c1. The number of aliphatic hydroxyl groups is 1. The van der Waals surface area contributed by atoms with Gasteiger partial charge >= 0.3 is 5.91 Å². The molecule has 1 unspecified atom stereocenters. The first-order chi connectivity index (χ1) is 18.3. The first-order valence-corrected chi connectivity index (χ1v) is 13.4. The number of aliphatic hydroxyl groups excluding tert-OH is 1. The highest BCUT2D eigenvalue weighted by Crippen LogP contribution is 2.45. The number of carbonyl (C=O) groups is 2. The van der Waals surface area contributed by atoms with E-state index in [-0.39, 0.29) is 33.6 Å². The molecule has 5 rings (SSSR count). The topological polar surface area (TPSA) is 83.4 Å². The third-order valence-electron chi connectivity index (χ3n) is 6.20. The lowest BCUT2D eigenvalue weighted by Crippen LogP contribution is -2.29. The summed E-state index contributed by atoms with van der Waals surface area (Å²) in [6, 6.07) is 16.2. The number of carbonyl (C=O) groups excluding carboxylic acids is 2. The van der Waals surface area contributed by atoms with Gasteiger partial charge in [0.1, 0.15) is 23.4 Å². The standard InChI is InChI=1S/C28H21F2N3O3S2/c1-15-11-12-16(2)19(13-15)24(34)22-23(18-8-4-6-10-21(18)30)33(26(36)25(22)35)27-31-32-28(38-27)37-14-17-7-3-5-9-20(17)29/h3-13,23,34H,14H2,1-2H3/b24-22+. The minimum Gasteiger partial charge on any atom is -0.507 e. The molecule has 1 aliphatic rings. The van der Waals surface area contributed by atoms with Gasteiger partial charge in [0.25, 0.3) is 5.78 Å². The fourth-order valence-electron chi connectivity index (χ4n) is 4.27. The van der Waals surface area contributed by atoms with Crippen molar-refractivity contribution in [3.8, 4) is 0 Å². The van der Waals surface area contributed by atoms with E-state index in [2.05, 4.69) is 10.2 Å². The number of thioether (sulfide) groups is 1. The van der Waals surface area contributed by atoms with Gasteiger partial charge in [-0.2, -0.15) is 0 Å². The van der Waals surface area contributed by atoms with Crippen LogP contribution in [0.4, 0.5) is 13.9 Å². The molecule has 6 nitrogen and oxygen atoms in total. The van der Waals surface area contributed by atoms with Gasteiger partial charge in [0.15, 0.2) is 4.34 Å². The van der Waals surface area contributed by atoms with Crippen LogP contribution in [-0.2, 0) is 15.3 Å². The molecule has 0 saturated carbocycles. The van der Waals surface area contributed by atoms with Crippen molar-refractivity contribution in [1.82, 2.24) is 10.2 Å². The Kier molecular flexibility index (Phi) is 7.09. The molecule has 0 spiro atoms. The van der Waals surface area contributed by atoms with Crippen molar-refractivity contribution in [3.63, 3.8) is 0 Å². The Balaban J connectivity index is 1.58. The van der Waals surface area contributed by atoms with E-state index in [1.807, 2.05) is 13.0 Å². The largest absolute Gasteiger partial charge is 0.507 e. The predicted molar refractivity (Wildman–Crippen MR) is 143 cm³/mol. The van der Waals surface area contributed by atoms with Gasteiger partial charge in [-0.15, -0.1) is 10.2 Å². The maximum Gasteiger partial charge on any atom is 0.301 e. The highest BCUT2D eigenvalue weighted by atomic mass is 32.2. The second kappa shape index (κ2) is 10.5. The molecule has 0 radical (unpaired) electrons. The third-order valence-corrected chi connectivity index (χ3v) is 8.31. The molecule has 4 aromatic rings. The summed E-state index contributed by atoms with van der Waals surface area (Å²) in [5, 5.41) is 19.6. The van der Waals surface area contributed by atoms with Crippen LogP contribution in [0, 0.1) is 25.5 Å². The highest BCUT2D eigenvalue weighted by molar-refractivity contribution is 8.00. The summed E-state index contributed by atoms with van der Waals surface area (Å²) < 4.78 is 29.6. The minimum absolute atomic E-state index is 0.0364. The van der Waals surface area contributed by atoms with Crippen LogP contribution in [0.3, 0.4) is 0 Å². The van der Waals surface area contributed by atoms with Crippen molar-refractivity contribution in [2.45, 2.75) is 30.0 Å². The summed E-state index contributed by atoms with van der Waals surface area (Å²) in [4.78, 5) is 27.7. The summed E-state index contributed by atoms with van der Waals surface area (Å²) in [7, 11) is 0. The molecular formula is C28H21F2N3O3S2. The van der Waals surface area contributed by atoms with Crippen molar-refractivity contribution >= 4 is 45.7 Å². The number of nitrogens with zero attached hydrogens (tertiary/aromatic N) is 3. The van der Waals surface area contributed by atoms with Gasteiger partial charge in [-0.1, -0.05) is 77.2 Å². The summed E-state index contributed by atoms with van der Waals surface area (Å²) in [6.45, 7) is 3.61. The van der Waals surface area contributed by atoms with E-state index in [9.17, 15) is 19.1 Å². The van der Waals surface area contributed by atoms with Crippen LogP contribution in [0.25, 0.3) is 5.76 Å². The van der Waals surface area contributed by atoms with E-state index in [1.54, 1.807) is 43.3 Å². The molecule has 1 aliphatic heterocycles. The zero-order chi connectivity index (χ0) is 27.0. The number of benzene rings is 3. The number of amides is 1. The molecule has 2 heterocycles. The van der Waals surface area contributed by atoms with Crippen molar-refractivity contribution in [3.05, 3.63) is 112 Å². The number of aryl methyl sites for hydroxylation is 2. The summed E-state index contributed by atoms with van der Waals surface area (Å²) in [6.07, 6.45) is 0. The van der Waals surface area contributed by atoms with Crippen LogP contribution in [0.15, 0.2) is 76.6 Å². The minimum atomic E-state index is -1.26. The van der Waals surface area contributed by atoms with E-state index in [0.29, 0.717) is 21.0 Å². The number of anilines is 1. The monoisotopic (exact) mass is 549 g/mol. The second-order valence-corrected chi connectivity index (χ2v) is 10.9. The molecule has 1 atom stereocenters. The summed E-state index contributed by atoms with van der Waals surface area (Å²) in [5.74, 6) is -3.00.